The summed E-state index contributed by atoms with van der Waals surface area (Å²) < 4.78 is 5.48. The van der Waals surface area contributed by atoms with Crippen LogP contribution in [0.1, 0.15) is 99.1 Å². The van der Waals surface area contributed by atoms with Crippen LogP contribution in [-0.2, 0) is 4.74 Å². The molecule has 3 heteroatoms. The van der Waals surface area contributed by atoms with Gasteiger partial charge in [0.25, 0.3) is 0 Å². The Labute approximate surface area is 181 Å². The zero-order valence-corrected chi connectivity index (χ0v) is 19.1. The molecule has 2 aromatic rings. The Morgan fingerprint density at radius 3 is 2.37 bits per heavy atom. The average molecular weight is 404 g/mol. The summed E-state index contributed by atoms with van der Waals surface area (Å²) in [5.74, 6) is 2.69. The van der Waals surface area contributed by atoms with Gasteiger partial charge in [-0.2, -0.15) is 0 Å². The first kappa shape index (κ1) is 23.4. The molecule has 3 nitrogen and oxygen atoms in total. The van der Waals surface area contributed by atoms with E-state index in [1.165, 1.54) is 0 Å². The Hall–Kier alpha value is -2.86. The average Bonchev–Trinajstić information content (AvgIpc) is 2.72. The van der Waals surface area contributed by atoms with Crippen LogP contribution in [0.5, 0.6) is 0 Å². The number of carbonyl (C=O) groups excluding carboxylic acids is 1. The minimum absolute atomic E-state index is 0.0623. The molecule has 0 bridgehead atoms. The number of terminal acetylenes is 1. The molecule has 1 heterocycles. The molecule has 0 atom stereocenters. The van der Waals surface area contributed by atoms with Gasteiger partial charge in [-0.25, -0.2) is 4.79 Å². The molecule has 0 saturated heterocycles. The lowest BCUT2D eigenvalue weighted by Gasteiger charge is -2.23. The molecule has 0 fully saturated rings. The molecule has 2 rings (SSSR count). The van der Waals surface area contributed by atoms with Crippen LogP contribution < -0.4 is 0 Å². The summed E-state index contributed by atoms with van der Waals surface area (Å²) in [5.41, 5.74) is 5.65. The third-order valence-corrected chi connectivity index (χ3v) is 4.96. The van der Waals surface area contributed by atoms with E-state index in [9.17, 15) is 4.79 Å². The van der Waals surface area contributed by atoms with E-state index in [1.807, 2.05) is 31.2 Å². The fourth-order valence-corrected chi connectivity index (χ4v) is 3.55. The Bertz CT molecular complexity index is 962. The third-order valence-electron chi connectivity index (χ3n) is 4.96. The SMILES string of the molecule is C#Cc1ccccc1-c1c(C=CCCC)c(C(C)C)nc(C(C)C)c1C(=O)OCC. The molecule has 1 aromatic carbocycles. The third kappa shape index (κ3) is 5.00. The number of nitrogens with zero attached hydrogens (tertiary/aromatic N) is 1. The Morgan fingerprint density at radius 2 is 1.80 bits per heavy atom. The number of ether oxygens (including phenoxy) is 1. The largest absolute Gasteiger partial charge is 0.462 e. The van der Waals surface area contributed by atoms with E-state index in [0.29, 0.717) is 12.2 Å². The quantitative estimate of drug-likeness (QED) is 0.353. The number of unbranched alkanes of at least 4 members (excludes halogenated alkanes) is 1. The van der Waals surface area contributed by atoms with Gasteiger partial charge in [0.05, 0.1) is 23.6 Å². The summed E-state index contributed by atoms with van der Waals surface area (Å²) >= 11 is 0. The molecule has 0 saturated carbocycles. The monoisotopic (exact) mass is 403 g/mol. The van der Waals surface area contributed by atoms with Gasteiger partial charge in [-0.15, -0.1) is 6.42 Å². The second-order valence-corrected chi connectivity index (χ2v) is 7.96. The fourth-order valence-electron chi connectivity index (χ4n) is 3.55. The lowest BCUT2D eigenvalue weighted by atomic mass is 9.85. The number of hydrogen-bond acceptors (Lipinski definition) is 3. The highest BCUT2D eigenvalue weighted by molar-refractivity contribution is 6.02. The van der Waals surface area contributed by atoms with Gasteiger partial charge < -0.3 is 4.74 Å². The van der Waals surface area contributed by atoms with Crippen molar-refractivity contribution in [1.29, 1.82) is 0 Å². The van der Waals surface area contributed by atoms with Gasteiger partial charge in [0.15, 0.2) is 0 Å². The number of aromatic nitrogens is 1. The van der Waals surface area contributed by atoms with Crippen molar-refractivity contribution in [2.75, 3.05) is 6.61 Å². The lowest BCUT2D eigenvalue weighted by molar-refractivity contribution is 0.0525. The molecule has 0 aliphatic rings. The summed E-state index contributed by atoms with van der Waals surface area (Å²) in [6, 6.07) is 7.77. The van der Waals surface area contributed by atoms with Crippen molar-refractivity contribution in [3.8, 4) is 23.5 Å². The van der Waals surface area contributed by atoms with Gasteiger partial charge in [0.2, 0.25) is 0 Å². The van der Waals surface area contributed by atoms with Crippen molar-refractivity contribution in [1.82, 2.24) is 4.98 Å². The van der Waals surface area contributed by atoms with Crippen molar-refractivity contribution in [3.05, 3.63) is 58.4 Å². The van der Waals surface area contributed by atoms with Gasteiger partial charge in [-0.3, -0.25) is 4.98 Å². The number of pyridine rings is 1. The smallest absolute Gasteiger partial charge is 0.340 e. The maximum Gasteiger partial charge on any atom is 0.340 e. The van der Waals surface area contributed by atoms with E-state index in [2.05, 4.69) is 52.7 Å². The zero-order valence-electron chi connectivity index (χ0n) is 19.1. The van der Waals surface area contributed by atoms with Gasteiger partial charge in [0.1, 0.15) is 0 Å². The number of esters is 1. The highest BCUT2D eigenvalue weighted by Crippen LogP contribution is 2.39. The second-order valence-electron chi connectivity index (χ2n) is 7.96. The molecule has 1 aromatic heterocycles. The van der Waals surface area contributed by atoms with Gasteiger partial charge >= 0.3 is 5.97 Å². The molecule has 0 unspecified atom stereocenters. The predicted molar refractivity (Wildman–Crippen MR) is 126 cm³/mol. The first-order chi connectivity index (χ1) is 14.4. The highest BCUT2D eigenvalue weighted by Gasteiger charge is 2.28. The number of carbonyl (C=O) groups is 1. The molecular weight excluding hydrogens is 370 g/mol. The van der Waals surface area contributed by atoms with Crippen LogP contribution in [0.4, 0.5) is 0 Å². The maximum atomic E-state index is 13.2. The molecule has 0 aliphatic heterocycles. The summed E-state index contributed by atoms with van der Waals surface area (Å²) in [6.45, 7) is 12.6. The van der Waals surface area contributed by atoms with Crippen molar-refractivity contribution in [3.63, 3.8) is 0 Å². The van der Waals surface area contributed by atoms with Gasteiger partial charge in [-0.05, 0) is 36.8 Å². The Morgan fingerprint density at radius 1 is 1.13 bits per heavy atom. The van der Waals surface area contributed by atoms with E-state index in [0.717, 1.165) is 46.5 Å². The summed E-state index contributed by atoms with van der Waals surface area (Å²) in [7, 11) is 0. The van der Waals surface area contributed by atoms with Gasteiger partial charge in [-0.1, -0.05) is 77.3 Å². The van der Waals surface area contributed by atoms with Crippen molar-refractivity contribution in [2.45, 2.75) is 66.2 Å². The van der Waals surface area contributed by atoms with Crippen LogP contribution in [0.15, 0.2) is 30.3 Å². The van der Waals surface area contributed by atoms with Crippen molar-refractivity contribution >= 4 is 12.0 Å². The Kier molecular flexibility index (Phi) is 8.42. The molecular formula is C27H33NO2. The molecule has 30 heavy (non-hydrogen) atoms. The lowest BCUT2D eigenvalue weighted by Crippen LogP contribution is -2.17. The number of hydrogen-bond donors (Lipinski definition) is 0. The number of rotatable bonds is 8. The first-order valence-corrected chi connectivity index (χ1v) is 10.8. The normalized spacial score (nSPS) is 11.3. The standard InChI is InChI=1S/C27H33NO2/c1-8-11-12-17-22-23(21-16-14-13-15-20(21)9-2)24(27(29)30-10-3)26(19(6)7)28-25(22)18(4)5/h2,12-19H,8,10-11H2,1,3-7H3. The number of allylic oxidation sites excluding steroid dienone is 1. The van der Waals surface area contributed by atoms with Crippen LogP contribution in [-0.4, -0.2) is 17.6 Å². The zero-order chi connectivity index (χ0) is 22.3. The first-order valence-electron chi connectivity index (χ1n) is 10.8. The highest BCUT2D eigenvalue weighted by atomic mass is 16.5. The van der Waals surface area contributed by atoms with E-state index in [1.54, 1.807) is 0 Å². The van der Waals surface area contributed by atoms with Crippen molar-refractivity contribution < 1.29 is 9.53 Å². The fraction of sp³-hybridized carbons (Fsp3) is 0.407. The van der Waals surface area contributed by atoms with Crippen LogP contribution in [0.25, 0.3) is 17.2 Å². The van der Waals surface area contributed by atoms with E-state index >= 15 is 0 Å². The summed E-state index contributed by atoms with van der Waals surface area (Å²) in [4.78, 5) is 18.2. The van der Waals surface area contributed by atoms with Gasteiger partial charge in [0, 0.05) is 16.7 Å². The molecule has 0 N–H and O–H groups in total. The van der Waals surface area contributed by atoms with Crippen LogP contribution in [0, 0.1) is 12.3 Å². The minimum atomic E-state index is -0.351. The minimum Gasteiger partial charge on any atom is -0.462 e. The molecule has 158 valence electrons. The molecule has 0 spiro atoms. The molecule has 0 amide bonds. The molecule has 0 aliphatic carbocycles. The van der Waals surface area contributed by atoms with E-state index in [4.69, 9.17) is 16.1 Å². The van der Waals surface area contributed by atoms with E-state index in [-0.39, 0.29) is 17.8 Å². The van der Waals surface area contributed by atoms with Crippen LogP contribution in [0.2, 0.25) is 0 Å². The van der Waals surface area contributed by atoms with Crippen LogP contribution in [0.3, 0.4) is 0 Å². The van der Waals surface area contributed by atoms with Crippen LogP contribution >= 0.6 is 0 Å². The summed E-state index contributed by atoms with van der Waals surface area (Å²) in [6.07, 6.45) is 12.1. The maximum absolute atomic E-state index is 13.2. The van der Waals surface area contributed by atoms with Crippen molar-refractivity contribution in [2.24, 2.45) is 0 Å². The number of benzene rings is 1. The molecule has 0 radical (unpaired) electrons. The Balaban J connectivity index is 3.07. The predicted octanol–water partition coefficient (Wildman–Crippen LogP) is 6.97. The topological polar surface area (TPSA) is 39.2 Å². The second kappa shape index (κ2) is 10.8. The summed E-state index contributed by atoms with van der Waals surface area (Å²) in [5, 5.41) is 0. The van der Waals surface area contributed by atoms with E-state index < -0.39 is 0 Å².